The second-order valence-corrected chi connectivity index (χ2v) is 5.39. The smallest absolute Gasteiger partial charge is 0.338 e. The van der Waals surface area contributed by atoms with Crippen molar-refractivity contribution < 1.29 is 14.8 Å². The van der Waals surface area contributed by atoms with Gasteiger partial charge in [-0.15, -0.1) is 11.3 Å². The van der Waals surface area contributed by atoms with Crippen LogP contribution in [0.5, 0.6) is 0 Å². The Balaban J connectivity index is 2.40. The number of rotatable bonds is 6. The van der Waals surface area contributed by atoms with E-state index < -0.39 is 10.9 Å². The average molecular weight is 306 g/mol. The van der Waals surface area contributed by atoms with Crippen molar-refractivity contribution in [2.24, 2.45) is 0 Å². The summed E-state index contributed by atoms with van der Waals surface area (Å²) in [6, 6.07) is 7.84. The molecule has 0 bridgehead atoms. The molecule has 0 fully saturated rings. The summed E-state index contributed by atoms with van der Waals surface area (Å²) < 4.78 is 0. The molecule has 6 nitrogen and oxygen atoms in total. The number of anilines is 1. The zero-order valence-electron chi connectivity index (χ0n) is 11.4. The number of benzene rings is 1. The zero-order chi connectivity index (χ0) is 15.4. The second-order valence-electron chi connectivity index (χ2n) is 4.36. The van der Waals surface area contributed by atoms with Gasteiger partial charge >= 0.3 is 5.97 Å². The maximum atomic E-state index is 11.4. The van der Waals surface area contributed by atoms with Crippen molar-refractivity contribution in [2.45, 2.75) is 13.5 Å². The summed E-state index contributed by atoms with van der Waals surface area (Å²) in [7, 11) is 0. The maximum Gasteiger partial charge on any atom is 0.338 e. The topological polar surface area (TPSA) is 83.7 Å². The van der Waals surface area contributed by atoms with E-state index in [-0.39, 0.29) is 11.3 Å². The number of carboxylic acids is 1. The molecule has 1 N–H and O–H groups in total. The summed E-state index contributed by atoms with van der Waals surface area (Å²) in [6.45, 7) is 3.10. The zero-order valence-corrected chi connectivity index (χ0v) is 12.2. The quantitative estimate of drug-likeness (QED) is 0.653. The summed E-state index contributed by atoms with van der Waals surface area (Å²) >= 11 is 1.59. The first-order valence-electron chi connectivity index (χ1n) is 6.32. The van der Waals surface area contributed by atoms with Crippen molar-refractivity contribution in [3.05, 3.63) is 56.3 Å². The van der Waals surface area contributed by atoms with Gasteiger partial charge in [-0.2, -0.15) is 0 Å². The van der Waals surface area contributed by atoms with Gasteiger partial charge in [0, 0.05) is 23.6 Å². The lowest BCUT2D eigenvalue weighted by molar-refractivity contribution is -0.384. The number of nitro groups is 1. The third-order valence-electron chi connectivity index (χ3n) is 3.07. The summed E-state index contributed by atoms with van der Waals surface area (Å²) in [5.41, 5.74) is 0.218. The van der Waals surface area contributed by atoms with Gasteiger partial charge in [0.05, 0.1) is 22.7 Å². The largest absolute Gasteiger partial charge is 0.478 e. The predicted molar refractivity (Wildman–Crippen MR) is 81.1 cm³/mol. The van der Waals surface area contributed by atoms with Crippen molar-refractivity contribution in [1.29, 1.82) is 0 Å². The Morgan fingerprint density at radius 3 is 2.71 bits per heavy atom. The number of aromatic carboxylic acids is 1. The van der Waals surface area contributed by atoms with Gasteiger partial charge < -0.3 is 10.0 Å². The van der Waals surface area contributed by atoms with Gasteiger partial charge in [-0.3, -0.25) is 10.1 Å². The average Bonchev–Trinajstić information content (AvgIpc) is 2.97. The fourth-order valence-electron chi connectivity index (χ4n) is 2.04. The number of nitrogens with zero attached hydrogens (tertiary/aromatic N) is 2. The van der Waals surface area contributed by atoms with E-state index in [1.807, 2.05) is 29.3 Å². The molecule has 0 aliphatic rings. The van der Waals surface area contributed by atoms with E-state index in [0.717, 1.165) is 10.9 Å². The Morgan fingerprint density at radius 2 is 2.19 bits per heavy atom. The van der Waals surface area contributed by atoms with E-state index in [2.05, 4.69) is 0 Å². The molecule has 0 atom stereocenters. The molecule has 0 amide bonds. The lowest BCUT2D eigenvalue weighted by Gasteiger charge is -2.24. The number of nitro benzene ring substituents is 1. The van der Waals surface area contributed by atoms with Crippen LogP contribution in [0.25, 0.3) is 0 Å². The van der Waals surface area contributed by atoms with Gasteiger partial charge in [-0.1, -0.05) is 6.07 Å². The van der Waals surface area contributed by atoms with Gasteiger partial charge in [0.15, 0.2) is 0 Å². The van der Waals surface area contributed by atoms with Gasteiger partial charge in [-0.05, 0) is 24.4 Å². The first-order chi connectivity index (χ1) is 10.0. The fourth-order valence-corrected chi connectivity index (χ4v) is 2.76. The number of carboxylic acid groups (broad SMARTS) is 1. The third-order valence-corrected chi connectivity index (χ3v) is 3.93. The van der Waals surface area contributed by atoms with Crippen LogP contribution in [-0.4, -0.2) is 22.5 Å². The Labute approximate surface area is 125 Å². The lowest BCUT2D eigenvalue weighted by atomic mass is 10.1. The molecule has 0 radical (unpaired) electrons. The minimum Gasteiger partial charge on any atom is -0.478 e. The molecule has 0 saturated heterocycles. The molecule has 0 aliphatic heterocycles. The first-order valence-corrected chi connectivity index (χ1v) is 7.20. The minimum atomic E-state index is -1.17. The first kappa shape index (κ1) is 15.0. The van der Waals surface area contributed by atoms with E-state index in [1.54, 1.807) is 11.3 Å². The molecule has 1 aromatic heterocycles. The molecule has 0 aliphatic carbocycles. The van der Waals surface area contributed by atoms with Crippen molar-refractivity contribution in [3.8, 4) is 0 Å². The van der Waals surface area contributed by atoms with Crippen LogP contribution >= 0.6 is 11.3 Å². The summed E-state index contributed by atoms with van der Waals surface area (Å²) in [6.07, 6.45) is 0. The summed E-state index contributed by atoms with van der Waals surface area (Å²) in [5.74, 6) is -1.17. The van der Waals surface area contributed by atoms with E-state index in [9.17, 15) is 20.0 Å². The maximum absolute atomic E-state index is 11.4. The van der Waals surface area contributed by atoms with E-state index in [4.69, 9.17) is 0 Å². The molecule has 0 saturated carbocycles. The van der Waals surface area contributed by atoms with Crippen LogP contribution in [-0.2, 0) is 6.54 Å². The monoisotopic (exact) mass is 306 g/mol. The highest BCUT2D eigenvalue weighted by molar-refractivity contribution is 7.09. The molecule has 110 valence electrons. The highest BCUT2D eigenvalue weighted by Gasteiger charge is 2.19. The van der Waals surface area contributed by atoms with Crippen molar-refractivity contribution in [2.75, 3.05) is 11.4 Å². The van der Waals surface area contributed by atoms with Crippen LogP contribution in [0, 0.1) is 10.1 Å². The van der Waals surface area contributed by atoms with E-state index in [0.29, 0.717) is 18.8 Å². The Bertz CT molecular complexity index is 655. The summed E-state index contributed by atoms with van der Waals surface area (Å²) in [4.78, 5) is 24.6. The fraction of sp³-hybridized carbons (Fsp3) is 0.214. The Morgan fingerprint density at radius 1 is 1.43 bits per heavy atom. The predicted octanol–water partition coefficient (Wildman–Crippen LogP) is 3.38. The molecule has 2 aromatic rings. The van der Waals surface area contributed by atoms with E-state index in [1.165, 1.54) is 12.1 Å². The molecule has 1 aromatic carbocycles. The second kappa shape index (κ2) is 6.36. The van der Waals surface area contributed by atoms with Crippen LogP contribution in [0.2, 0.25) is 0 Å². The molecular weight excluding hydrogens is 292 g/mol. The van der Waals surface area contributed by atoms with Crippen molar-refractivity contribution >= 4 is 28.7 Å². The number of non-ortho nitro benzene ring substituents is 1. The Hall–Kier alpha value is -2.41. The normalized spacial score (nSPS) is 10.3. The van der Waals surface area contributed by atoms with Gasteiger partial charge in [0.2, 0.25) is 0 Å². The van der Waals surface area contributed by atoms with Gasteiger partial charge in [0.25, 0.3) is 5.69 Å². The van der Waals surface area contributed by atoms with Gasteiger partial charge in [-0.25, -0.2) is 4.79 Å². The molecular formula is C14H14N2O4S. The molecule has 2 rings (SSSR count). The third kappa shape index (κ3) is 3.38. The molecule has 1 heterocycles. The van der Waals surface area contributed by atoms with Crippen molar-refractivity contribution in [3.63, 3.8) is 0 Å². The van der Waals surface area contributed by atoms with Crippen LogP contribution in [0.15, 0.2) is 35.7 Å². The van der Waals surface area contributed by atoms with Crippen LogP contribution in [0.1, 0.15) is 22.2 Å². The SMILES string of the molecule is CCN(Cc1cccs1)c1ccc([N+](=O)[O-])cc1C(=O)O. The standard InChI is InChI=1S/C14H14N2O4S/c1-2-15(9-11-4-3-7-21-11)13-6-5-10(16(19)20)8-12(13)14(17)18/h3-8H,2,9H2,1H3,(H,17,18). The number of hydrogen-bond acceptors (Lipinski definition) is 5. The Kier molecular flexibility index (Phi) is 4.54. The molecule has 0 spiro atoms. The number of carbonyl (C=O) groups is 1. The molecule has 7 heteroatoms. The highest BCUT2D eigenvalue weighted by Crippen LogP contribution is 2.27. The van der Waals surface area contributed by atoms with Crippen molar-refractivity contribution in [1.82, 2.24) is 0 Å². The minimum absolute atomic E-state index is 0.0531. The highest BCUT2D eigenvalue weighted by atomic mass is 32.1. The van der Waals surface area contributed by atoms with E-state index >= 15 is 0 Å². The van der Waals surface area contributed by atoms with Crippen LogP contribution < -0.4 is 4.90 Å². The number of thiophene rings is 1. The molecule has 0 unspecified atom stereocenters. The van der Waals surface area contributed by atoms with Crippen LogP contribution in [0.4, 0.5) is 11.4 Å². The summed E-state index contributed by atoms with van der Waals surface area (Å²) in [5, 5.41) is 22.0. The lowest BCUT2D eigenvalue weighted by Crippen LogP contribution is -2.23. The van der Waals surface area contributed by atoms with Crippen LogP contribution in [0.3, 0.4) is 0 Å². The van der Waals surface area contributed by atoms with Gasteiger partial charge in [0.1, 0.15) is 0 Å². The number of hydrogen-bond donors (Lipinski definition) is 1. The molecule has 21 heavy (non-hydrogen) atoms.